The van der Waals surface area contributed by atoms with Gasteiger partial charge in [-0.2, -0.15) is 0 Å². The van der Waals surface area contributed by atoms with E-state index in [1.165, 1.54) is 12.1 Å². The molecule has 0 aliphatic carbocycles. The molecule has 0 amide bonds. The van der Waals surface area contributed by atoms with Gasteiger partial charge in [-0.1, -0.05) is 55.6 Å². The van der Waals surface area contributed by atoms with Crippen LogP contribution in [0.4, 0.5) is 8.78 Å². The smallest absolute Gasteiger partial charge is 0.128 e. The molecule has 2 rings (SSSR count). The maximum absolute atomic E-state index is 13.8. The third kappa shape index (κ3) is 3.36. The number of benzene rings is 2. The minimum absolute atomic E-state index is 0.269. The Bertz CT molecular complexity index is 561. The first-order valence-electron chi connectivity index (χ1n) is 5.51. The summed E-state index contributed by atoms with van der Waals surface area (Å²) in [5.41, 5.74) is 0.836. The fourth-order valence-corrected chi connectivity index (χ4v) is 3.77. The van der Waals surface area contributed by atoms with Gasteiger partial charge in [-0.3, -0.25) is 0 Å². The van der Waals surface area contributed by atoms with E-state index < -0.39 is 0 Å². The Morgan fingerprint density at radius 3 is 2.32 bits per heavy atom. The van der Waals surface area contributed by atoms with Crippen molar-refractivity contribution >= 4 is 43.5 Å². The van der Waals surface area contributed by atoms with Crippen LogP contribution in [0, 0.1) is 11.6 Å². The normalized spacial score (nSPS) is 12.5. The highest BCUT2D eigenvalue weighted by Gasteiger charge is 2.19. The Balaban J connectivity index is 2.34. The van der Waals surface area contributed by atoms with Crippen LogP contribution in [0.25, 0.3) is 0 Å². The Morgan fingerprint density at radius 1 is 1.05 bits per heavy atom. The van der Waals surface area contributed by atoms with Crippen LogP contribution in [0.15, 0.2) is 40.9 Å². The summed E-state index contributed by atoms with van der Waals surface area (Å²) in [7, 11) is 0. The SMILES string of the molecule is Fc1cccc(Cl)c1CC(Br)c1c(F)cccc1Br. The summed E-state index contributed by atoms with van der Waals surface area (Å²) in [5, 5.41) is 0.344. The van der Waals surface area contributed by atoms with E-state index in [9.17, 15) is 8.78 Å². The van der Waals surface area contributed by atoms with Crippen LogP contribution >= 0.6 is 43.5 Å². The van der Waals surface area contributed by atoms with Gasteiger partial charge in [-0.15, -0.1) is 0 Å². The molecule has 0 aliphatic rings. The Hall–Kier alpha value is -0.450. The molecule has 0 bridgehead atoms. The first-order chi connectivity index (χ1) is 9.00. The number of alkyl halides is 1. The lowest BCUT2D eigenvalue weighted by Crippen LogP contribution is -2.02. The second-order valence-corrected chi connectivity index (χ2v) is 6.37. The van der Waals surface area contributed by atoms with E-state index in [-0.39, 0.29) is 22.9 Å². The zero-order valence-corrected chi connectivity index (χ0v) is 13.6. The van der Waals surface area contributed by atoms with E-state index in [0.717, 1.165) is 0 Å². The van der Waals surface area contributed by atoms with Crippen molar-refractivity contribution in [2.45, 2.75) is 11.2 Å². The zero-order chi connectivity index (χ0) is 14.0. The Labute approximate surface area is 132 Å². The molecule has 0 saturated heterocycles. The summed E-state index contributed by atoms with van der Waals surface area (Å²) in [4.78, 5) is -0.363. The van der Waals surface area contributed by atoms with Crippen molar-refractivity contribution in [1.82, 2.24) is 0 Å². The Kier molecular flexibility index (Phi) is 4.98. The van der Waals surface area contributed by atoms with Gasteiger partial charge in [0.1, 0.15) is 11.6 Å². The predicted molar refractivity (Wildman–Crippen MR) is 80.9 cm³/mol. The quantitative estimate of drug-likeness (QED) is 0.540. The van der Waals surface area contributed by atoms with Crippen LogP contribution in [0.1, 0.15) is 16.0 Å². The fourth-order valence-electron chi connectivity index (χ4n) is 1.82. The van der Waals surface area contributed by atoms with Crippen LogP contribution in [0.3, 0.4) is 0 Å². The summed E-state index contributed by atoms with van der Waals surface area (Å²) in [6.45, 7) is 0. The number of rotatable bonds is 3. The molecule has 5 heteroatoms. The van der Waals surface area contributed by atoms with E-state index in [1.54, 1.807) is 24.3 Å². The largest absolute Gasteiger partial charge is 0.207 e. The zero-order valence-electron chi connectivity index (χ0n) is 9.64. The minimum atomic E-state index is -0.385. The molecule has 1 unspecified atom stereocenters. The highest BCUT2D eigenvalue weighted by Crippen LogP contribution is 2.36. The molecule has 2 aromatic rings. The van der Waals surface area contributed by atoms with Gasteiger partial charge in [0.15, 0.2) is 0 Å². The van der Waals surface area contributed by atoms with Crippen molar-refractivity contribution < 1.29 is 8.78 Å². The average Bonchev–Trinajstić information content (AvgIpc) is 2.34. The van der Waals surface area contributed by atoms with Gasteiger partial charge in [0.25, 0.3) is 0 Å². The number of hydrogen-bond donors (Lipinski definition) is 0. The lowest BCUT2D eigenvalue weighted by molar-refractivity contribution is 0.593. The third-order valence-corrected chi connectivity index (χ3v) is 4.59. The van der Waals surface area contributed by atoms with E-state index in [1.807, 2.05) is 0 Å². The van der Waals surface area contributed by atoms with Crippen molar-refractivity contribution in [2.24, 2.45) is 0 Å². The van der Waals surface area contributed by atoms with Gasteiger partial charge < -0.3 is 0 Å². The lowest BCUT2D eigenvalue weighted by Gasteiger charge is -2.14. The second-order valence-electron chi connectivity index (χ2n) is 4.01. The van der Waals surface area contributed by atoms with Crippen molar-refractivity contribution in [1.29, 1.82) is 0 Å². The summed E-state index contributed by atoms with van der Waals surface area (Å²) < 4.78 is 28.2. The molecule has 0 radical (unpaired) electrons. The molecular formula is C14H9Br2ClF2. The van der Waals surface area contributed by atoms with Crippen molar-refractivity contribution in [3.05, 3.63) is 68.7 Å². The monoisotopic (exact) mass is 408 g/mol. The molecule has 0 saturated carbocycles. The number of halogens is 5. The van der Waals surface area contributed by atoms with E-state index in [0.29, 0.717) is 20.6 Å². The highest BCUT2D eigenvalue weighted by atomic mass is 79.9. The molecule has 2 aromatic carbocycles. The van der Waals surface area contributed by atoms with E-state index in [4.69, 9.17) is 11.6 Å². The summed E-state index contributed by atoms with van der Waals surface area (Å²) in [5.74, 6) is -0.729. The molecule has 0 N–H and O–H groups in total. The maximum Gasteiger partial charge on any atom is 0.128 e. The predicted octanol–water partition coefficient (Wildman–Crippen LogP) is 6.06. The molecule has 19 heavy (non-hydrogen) atoms. The second kappa shape index (κ2) is 6.33. The van der Waals surface area contributed by atoms with Crippen LogP contribution in [-0.4, -0.2) is 0 Å². The minimum Gasteiger partial charge on any atom is -0.207 e. The van der Waals surface area contributed by atoms with E-state index >= 15 is 0 Å². The van der Waals surface area contributed by atoms with Gasteiger partial charge in [-0.05, 0) is 30.7 Å². The molecule has 100 valence electrons. The lowest BCUT2D eigenvalue weighted by atomic mass is 10.0. The van der Waals surface area contributed by atoms with Crippen LogP contribution in [0.2, 0.25) is 5.02 Å². The van der Waals surface area contributed by atoms with Gasteiger partial charge in [-0.25, -0.2) is 8.78 Å². The topological polar surface area (TPSA) is 0 Å². The standard InChI is InChI=1S/C14H9Br2ClF2/c15-9-3-1-6-13(19)14(9)10(16)7-8-11(17)4-2-5-12(8)18/h1-6,10H,7H2. The van der Waals surface area contributed by atoms with Gasteiger partial charge in [0, 0.05) is 25.4 Å². The first-order valence-corrected chi connectivity index (χ1v) is 7.60. The van der Waals surface area contributed by atoms with Crippen molar-refractivity contribution in [3.8, 4) is 0 Å². The van der Waals surface area contributed by atoms with Gasteiger partial charge in [0.2, 0.25) is 0 Å². The molecule has 0 fully saturated rings. The summed E-state index contributed by atoms with van der Waals surface area (Å²) >= 11 is 12.7. The van der Waals surface area contributed by atoms with Crippen LogP contribution in [0.5, 0.6) is 0 Å². The Morgan fingerprint density at radius 2 is 1.68 bits per heavy atom. The molecule has 0 aromatic heterocycles. The van der Waals surface area contributed by atoms with Crippen molar-refractivity contribution in [3.63, 3.8) is 0 Å². The summed E-state index contributed by atoms with van der Waals surface area (Å²) in [6, 6.07) is 9.24. The van der Waals surface area contributed by atoms with Crippen LogP contribution < -0.4 is 0 Å². The van der Waals surface area contributed by atoms with Crippen molar-refractivity contribution in [2.75, 3.05) is 0 Å². The molecule has 0 spiro atoms. The highest BCUT2D eigenvalue weighted by molar-refractivity contribution is 9.11. The summed E-state index contributed by atoms with van der Waals surface area (Å²) in [6.07, 6.45) is 0.269. The first kappa shape index (κ1) is 14.9. The number of hydrogen-bond acceptors (Lipinski definition) is 0. The van der Waals surface area contributed by atoms with Crippen LogP contribution in [-0.2, 0) is 6.42 Å². The molecule has 0 aliphatic heterocycles. The average molecular weight is 410 g/mol. The third-order valence-electron chi connectivity index (χ3n) is 2.76. The molecular weight excluding hydrogens is 401 g/mol. The fraction of sp³-hybridized carbons (Fsp3) is 0.143. The van der Waals surface area contributed by atoms with E-state index in [2.05, 4.69) is 31.9 Å². The molecule has 0 nitrogen and oxygen atoms in total. The maximum atomic E-state index is 13.8. The van der Waals surface area contributed by atoms with Gasteiger partial charge >= 0.3 is 0 Å². The van der Waals surface area contributed by atoms with Gasteiger partial charge in [0.05, 0.1) is 0 Å². The molecule has 1 atom stereocenters. The molecule has 0 heterocycles.